The molecule has 17 heavy (non-hydrogen) atoms. The Kier molecular flexibility index (Phi) is 53.1. The van der Waals surface area contributed by atoms with Crippen LogP contribution in [0.25, 0.3) is 0 Å². The second kappa shape index (κ2) is 36.5. The molecule has 0 aliphatic rings. The Labute approximate surface area is 102 Å². The summed E-state index contributed by atoms with van der Waals surface area (Å²) in [7, 11) is 0. The lowest BCUT2D eigenvalue weighted by Gasteiger charge is -1.94. The van der Waals surface area contributed by atoms with Gasteiger partial charge in [0.15, 0.2) is 0 Å². The highest BCUT2D eigenvalue weighted by Gasteiger charge is 1.79. The molecule has 6 nitrogen and oxygen atoms in total. The van der Waals surface area contributed by atoms with Gasteiger partial charge >= 0.3 is 6.16 Å². The second-order valence-corrected chi connectivity index (χ2v) is 2.16. The van der Waals surface area contributed by atoms with E-state index in [1.165, 1.54) is 0 Å². The van der Waals surface area contributed by atoms with Gasteiger partial charge < -0.3 is 25.2 Å². The molecule has 0 aromatic rings. The smallest absolute Gasteiger partial charge is 0.450 e. The van der Waals surface area contributed by atoms with E-state index in [1.807, 2.05) is 13.8 Å². The van der Waals surface area contributed by atoms with Gasteiger partial charge in [-0.2, -0.15) is 0 Å². The van der Waals surface area contributed by atoms with Gasteiger partial charge in [-0.3, -0.25) is 0 Å². The van der Waals surface area contributed by atoms with Gasteiger partial charge in [0.2, 0.25) is 0 Å². The van der Waals surface area contributed by atoms with E-state index in [0.29, 0.717) is 13.2 Å². The molecule has 0 rings (SSSR count). The molecule has 0 bridgehead atoms. The van der Waals surface area contributed by atoms with Crippen LogP contribution in [-0.4, -0.2) is 53.0 Å². The molecule has 104 valence electrons. The van der Waals surface area contributed by atoms with Crippen molar-refractivity contribution in [1.82, 2.24) is 0 Å². The van der Waals surface area contributed by atoms with Crippen molar-refractivity contribution in [2.24, 2.45) is 0 Å². The Bertz CT molecular complexity index is 133. The predicted molar refractivity (Wildman–Crippen MR) is 67.4 cm³/mol. The fourth-order valence-corrected chi connectivity index (χ4v) is 0.231. The molecule has 4 N–H and O–H groups in total. The number of ether oxygens (including phenoxy) is 1. The van der Waals surface area contributed by atoms with E-state index < -0.39 is 6.16 Å². The summed E-state index contributed by atoms with van der Waals surface area (Å²) in [5, 5.41) is 30.1. The second-order valence-electron chi connectivity index (χ2n) is 2.16. The van der Waals surface area contributed by atoms with Gasteiger partial charge in [-0.25, -0.2) is 4.79 Å². The molecule has 0 saturated carbocycles. The minimum atomic E-state index is -1.83. The van der Waals surface area contributed by atoms with E-state index in [0.717, 1.165) is 0 Å². The maximum absolute atomic E-state index is 8.56. The lowest BCUT2D eigenvalue weighted by molar-refractivity contribution is 0.0650. The molecule has 0 radical (unpaired) electrons. The number of aliphatic hydroxyl groups excluding tert-OH is 2. The first-order valence-corrected chi connectivity index (χ1v) is 4.83. The maximum Gasteiger partial charge on any atom is 0.503 e. The van der Waals surface area contributed by atoms with E-state index in [-0.39, 0.29) is 13.2 Å². The Hall–Kier alpha value is -1.37. The normalized spacial score (nSPS) is 6.82. The monoisotopic (exact) mass is 252 g/mol. The fraction of sp³-hybridized carbons (Fsp3) is 0.545. The average molecular weight is 252 g/mol. The minimum Gasteiger partial charge on any atom is -0.450 e. The SMILES string of the molecule is C=CC.C=CC.O=C(O)O.OCCOCCO. The van der Waals surface area contributed by atoms with Crippen LogP contribution < -0.4 is 0 Å². The number of carbonyl (C=O) groups is 1. The number of aliphatic hydroxyl groups is 2. The maximum atomic E-state index is 8.56. The molecule has 0 aromatic carbocycles. The molecule has 0 unspecified atom stereocenters. The van der Waals surface area contributed by atoms with Gasteiger partial charge in [0.1, 0.15) is 0 Å². The van der Waals surface area contributed by atoms with Crippen molar-refractivity contribution >= 4 is 6.16 Å². The van der Waals surface area contributed by atoms with Crippen LogP contribution >= 0.6 is 0 Å². The third-order valence-electron chi connectivity index (χ3n) is 0.471. The minimum absolute atomic E-state index is 0.0278. The highest BCUT2D eigenvalue weighted by Crippen LogP contribution is 1.68. The predicted octanol–water partition coefficient (Wildman–Crippen LogP) is 1.59. The number of allylic oxidation sites excluding steroid dienone is 2. The van der Waals surface area contributed by atoms with Crippen molar-refractivity contribution < 1.29 is 30.0 Å². The average Bonchev–Trinajstić information content (AvgIpc) is 2.20. The summed E-state index contributed by atoms with van der Waals surface area (Å²) in [4.78, 5) is 8.56. The van der Waals surface area contributed by atoms with Crippen LogP contribution in [0.5, 0.6) is 0 Å². The lowest BCUT2D eigenvalue weighted by Crippen LogP contribution is -2.03. The first kappa shape index (κ1) is 24.7. The molecule has 0 aromatic heterocycles. The molecular weight excluding hydrogens is 228 g/mol. The third-order valence-corrected chi connectivity index (χ3v) is 0.471. The molecule has 6 heteroatoms. The van der Waals surface area contributed by atoms with Crippen LogP contribution in [0.2, 0.25) is 0 Å². The quantitative estimate of drug-likeness (QED) is 0.447. The van der Waals surface area contributed by atoms with E-state index in [2.05, 4.69) is 17.9 Å². The number of hydrogen-bond acceptors (Lipinski definition) is 4. The summed E-state index contributed by atoms with van der Waals surface area (Å²) >= 11 is 0. The summed E-state index contributed by atoms with van der Waals surface area (Å²) < 4.78 is 4.63. The largest absolute Gasteiger partial charge is 0.503 e. The molecule has 0 heterocycles. The van der Waals surface area contributed by atoms with Crippen molar-refractivity contribution in [3.63, 3.8) is 0 Å². The van der Waals surface area contributed by atoms with Gasteiger partial charge in [-0.05, 0) is 13.8 Å². The molecule has 0 aliphatic carbocycles. The van der Waals surface area contributed by atoms with Crippen LogP contribution in [0.3, 0.4) is 0 Å². The molecule has 0 spiro atoms. The summed E-state index contributed by atoms with van der Waals surface area (Å²) in [6.45, 7) is 11.2. The Morgan fingerprint density at radius 3 is 1.35 bits per heavy atom. The summed E-state index contributed by atoms with van der Waals surface area (Å²) in [5.41, 5.74) is 0. The zero-order chi connectivity index (χ0) is 14.5. The van der Waals surface area contributed by atoms with Gasteiger partial charge in [0.25, 0.3) is 0 Å². The van der Waals surface area contributed by atoms with Crippen LogP contribution in [0.4, 0.5) is 4.79 Å². The zero-order valence-electron chi connectivity index (χ0n) is 10.5. The first-order valence-electron chi connectivity index (χ1n) is 4.83. The first-order chi connectivity index (χ1) is 7.97. The van der Waals surface area contributed by atoms with Crippen molar-refractivity contribution in [1.29, 1.82) is 0 Å². The van der Waals surface area contributed by atoms with Gasteiger partial charge in [0, 0.05) is 0 Å². The molecular formula is C11H24O6. The fourth-order valence-electron chi connectivity index (χ4n) is 0.231. The summed E-state index contributed by atoms with van der Waals surface area (Å²) in [5.74, 6) is 0. The molecule has 0 atom stereocenters. The van der Waals surface area contributed by atoms with E-state index in [4.69, 9.17) is 25.2 Å². The number of rotatable bonds is 4. The standard InChI is InChI=1S/C4H10O3.2C3H6.CH2O3/c5-1-3-7-4-2-6;2*1-3-2;2-1(3)4/h5-6H,1-4H2;2*3H,1H2,2H3;(H2,2,3,4). The van der Waals surface area contributed by atoms with Gasteiger partial charge in [-0.1, -0.05) is 12.2 Å². The Balaban J connectivity index is -0.0000000726. The van der Waals surface area contributed by atoms with Gasteiger partial charge in [0.05, 0.1) is 26.4 Å². The third kappa shape index (κ3) is 337. The van der Waals surface area contributed by atoms with Crippen LogP contribution in [0.1, 0.15) is 13.8 Å². The summed E-state index contributed by atoms with van der Waals surface area (Å²) in [6.07, 6.45) is 1.67. The molecule has 0 saturated heterocycles. The highest BCUT2D eigenvalue weighted by atomic mass is 16.6. The Morgan fingerprint density at radius 1 is 1.06 bits per heavy atom. The Morgan fingerprint density at radius 2 is 1.24 bits per heavy atom. The number of carboxylic acid groups (broad SMARTS) is 2. The van der Waals surface area contributed by atoms with Crippen molar-refractivity contribution in [2.75, 3.05) is 26.4 Å². The van der Waals surface area contributed by atoms with Gasteiger partial charge in [-0.15, -0.1) is 13.2 Å². The number of hydrogen-bond donors (Lipinski definition) is 4. The highest BCUT2D eigenvalue weighted by molar-refractivity contribution is 5.53. The van der Waals surface area contributed by atoms with E-state index in [9.17, 15) is 0 Å². The van der Waals surface area contributed by atoms with Crippen LogP contribution in [0.15, 0.2) is 25.3 Å². The van der Waals surface area contributed by atoms with Crippen LogP contribution in [-0.2, 0) is 4.74 Å². The van der Waals surface area contributed by atoms with Crippen molar-refractivity contribution in [3.8, 4) is 0 Å². The van der Waals surface area contributed by atoms with Crippen LogP contribution in [0, 0.1) is 0 Å². The lowest BCUT2D eigenvalue weighted by atomic mass is 10.7. The van der Waals surface area contributed by atoms with Crippen molar-refractivity contribution in [2.45, 2.75) is 13.8 Å². The molecule has 0 aliphatic heterocycles. The zero-order valence-corrected chi connectivity index (χ0v) is 10.5. The van der Waals surface area contributed by atoms with Crippen molar-refractivity contribution in [3.05, 3.63) is 25.3 Å². The molecule has 0 fully saturated rings. The van der Waals surface area contributed by atoms with E-state index in [1.54, 1.807) is 12.2 Å². The summed E-state index contributed by atoms with van der Waals surface area (Å²) in [6, 6.07) is 0. The molecule has 0 amide bonds. The topological polar surface area (TPSA) is 107 Å². The van der Waals surface area contributed by atoms with E-state index >= 15 is 0 Å².